The summed E-state index contributed by atoms with van der Waals surface area (Å²) in [5.41, 5.74) is 5.65. The van der Waals surface area contributed by atoms with Crippen LogP contribution in [0.25, 0.3) is 10.9 Å². The Morgan fingerprint density at radius 1 is 1.26 bits per heavy atom. The SMILES string of the molecule is CCNc1c(C(C)C)c(C)nc2c(C)c(Cl)ccc12. The number of hydrogen-bond donors (Lipinski definition) is 1. The Balaban J connectivity index is 2.88. The monoisotopic (exact) mass is 276 g/mol. The molecule has 0 radical (unpaired) electrons. The first-order valence-electron chi connectivity index (χ1n) is 6.80. The van der Waals surface area contributed by atoms with Crippen LogP contribution in [0.3, 0.4) is 0 Å². The minimum Gasteiger partial charge on any atom is -0.384 e. The molecule has 0 fully saturated rings. The van der Waals surface area contributed by atoms with Crippen molar-refractivity contribution < 1.29 is 0 Å². The second-order valence-electron chi connectivity index (χ2n) is 5.24. The van der Waals surface area contributed by atoms with Crippen LogP contribution < -0.4 is 5.32 Å². The highest BCUT2D eigenvalue weighted by Gasteiger charge is 2.16. The van der Waals surface area contributed by atoms with Crippen LogP contribution in [-0.2, 0) is 0 Å². The minimum atomic E-state index is 0.446. The summed E-state index contributed by atoms with van der Waals surface area (Å²) in [4.78, 5) is 4.78. The van der Waals surface area contributed by atoms with E-state index in [9.17, 15) is 0 Å². The van der Waals surface area contributed by atoms with E-state index in [-0.39, 0.29) is 0 Å². The first-order chi connectivity index (χ1) is 8.97. The third kappa shape index (κ3) is 2.42. The summed E-state index contributed by atoms with van der Waals surface area (Å²) in [6.07, 6.45) is 0. The fraction of sp³-hybridized carbons (Fsp3) is 0.438. The Bertz CT molecular complexity index is 618. The second kappa shape index (κ2) is 5.38. The van der Waals surface area contributed by atoms with E-state index < -0.39 is 0 Å². The molecule has 0 amide bonds. The molecule has 0 aliphatic carbocycles. The molecular weight excluding hydrogens is 256 g/mol. The van der Waals surface area contributed by atoms with E-state index >= 15 is 0 Å². The van der Waals surface area contributed by atoms with E-state index in [4.69, 9.17) is 16.6 Å². The largest absolute Gasteiger partial charge is 0.384 e. The van der Waals surface area contributed by atoms with Crippen LogP contribution in [0, 0.1) is 13.8 Å². The maximum Gasteiger partial charge on any atom is 0.0770 e. The Kier molecular flexibility index (Phi) is 4.00. The molecule has 19 heavy (non-hydrogen) atoms. The van der Waals surface area contributed by atoms with Crippen molar-refractivity contribution in [3.05, 3.63) is 34.0 Å². The summed E-state index contributed by atoms with van der Waals surface area (Å²) in [6, 6.07) is 4.03. The van der Waals surface area contributed by atoms with Gasteiger partial charge in [0.25, 0.3) is 0 Å². The van der Waals surface area contributed by atoms with E-state index in [2.05, 4.69) is 39.1 Å². The predicted molar refractivity (Wildman–Crippen MR) is 84.5 cm³/mol. The van der Waals surface area contributed by atoms with Crippen LogP contribution in [0.5, 0.6) is 0 Å². The molecule has 2 aromatic rings. The molecule has 1 aromatic carbocycles. The number of benzene rings is 1. The summed E-state index contributed by atoms with van der Waals surface area (Å²) in [5, 5.41) is 5.45. The lowest BCUT2D eigenvalue weighted by molar-refractivity contribution is 0.847. The van der Waals surface area contributed by atoms with Gasteiger partial charge < -0.3 is 5.32 Å². The van der Waals surface area contributed by atoms with Gasteiger partial charge in [-0.15, -0.1) is 0 Å². The average Bonchev–Trinajstić information content (AvgIpc) is 2.34. The molecule has 0 atom stereocenters. The standard InChI is InChI=1S/C16H21ClN2/c1-6-18-16-12-7-8-13(17)10(4)15(12)19-11(5)14(16)9(2)3/h7-9H,6H2,1-5H3,(H,18,19). The van der Waals surface area contributed by atoms with Gasteiger partial charge in [0, 0.05) is 28.3 Å². The molecule has 0 aliphatic heterocycles. The fourth-order valence-electron chi connectivity index (χ4n) is 2.65. The molecule has 1 aromatic heterocycles. The number of aromatic nitrogens is 1. The van der Waals surface area contributed by atoms with Gasteiger partial charge in [-0.3, -0.25) is 4.98 Å². The second-order valence-corrected chi connectivity index (χ2v) is 5.65. The number of nitrogens with one attached hydrogen (secondary N) is 1. The van der Waals surface area contributed by atoms with Gasteiger partial charge in [-0.1, -0.05) is 25.4 Å². The lowest BCUT2D eigenvalue weighted by Crippen LogP contribution is -2.07. The molecule has 0 saturated carbocycles. The van der Waals surface area contributed by atoms with Crippen molar-refractivity contribution in [2.45, 2.75) is 40.5 Å². The van der Waals surface area contributed by atoms with Crippen molar-refractivity contribution in [1.82, 2.24) is 4.98 Å². The minimum absolute atomic E-state index is 0.446. The van der Waals surface area contributed by atoms with Crippen molar-refractivity contribution in [2.24, 2.45) is 0 Å². The number of nitrogens with zero attached hydrogens (tertiary/aromatic N) is 1. The number of fused-ring (bicyclic) bond motifs is 1. The maximum absolute atomic E-state index is 6.21. The zero-order chi connectivity index (χ0) is 14.2. The molecule has 1 N–H and O–H groups in total. The molecule has 3 heteroatoms. The van der Waals surface area contributed by atoms with Crippen LogP contribution in [0.1, 0.15) is 43.5 Å². The van der Waals surface area contributed by atoms with E-state index in [1.54, 1.807) is 0 Å². The summed E-state index contributed by atoms with van der Waals surface area (Å²) in [6.45, 7) is 11.5. The van der Waals surface area contributed by atoms with Crippen LogP contribution in [0.4, 0.5) is 5.69 Å². The molecule has 0 aliphatic rings. The van der Waals surface area contributed by atoms with Gasteiger partial charge >= 0.3 is 0 Å². The van der Waals surface area contributed by atoms with Crippen LogP contribution in [0.15, 0.2) is 12.1 Å². The van der Waals surface area contributed by atoms with E-state index in [0.717, 1.165) is 33.7 Å². The molecule has 2 rings (SSSR count). The van der Waals surface area contributed by atoms with Gasteiger partial charge in [0.1, 0.15) is 0 Å². The number of aryl methyl sites for hydroxylation is 2. The topological polar surface area (TPSA) is 24.9 Å². The highest BCUT2D eigenvalue weighted by molar-refractivity contribution is 6.32. The Labute approximate surface area is 120 Å². The lowest BCUT2D eigenvalue weighted by atomic mass is 9.95. The third-order valence-electron chi connectivity index (χ3n) is 3.50. The van der Waals surface area contributed by atoms with Gasteiger partial charge in [0.15, 0.2) is 0 Å². The van der Waals surface area contributed by atoms with Crippen molar-refractivity contribution in [3.8, 4) is 0 Å². The highest BCUT2D eigenvalue weighted by atomic mass is 35.5. The number of hydrogen-bond acceptors (Lipinski definition) is 2. The average molecular weight is 277 g/mol. The summed E-state index contributed by atoms with van der Waals surface area (Å²) in [5.74, 6) is 0.446. The fourth-order valence-corrected chi connectivity index (χ4v) is 2.80. The van der Waals surface area contributed by atoms with Crippen LogP contribution in [-0.4, -0.2) is 11.5 Å². The number of pyridine rings is 1. The smallest absolute Gasteiger partial charge is 0.0770 e. The Hall–Kier alpha value is -1.28. The van der Waals surface area contributed by atoms with E-state index in [1.807, 2.05) is 13.0 Å². The van der Waals surface area contributed by atoms with E-state index in [1.165, 1.54) is 11.3 Å². The molecule has 0 spiro atoms. The maximum atomic E-state index is 6.21. The third-order valence-corrected chi connectivity index (χ3v) is 3.91. The molecule has 102 valence electrons. The summed E-state index contributed by atoms with van der Waals surface area (Å²) < 4.78 is 0. The summed E-state index contributed by atoms with van der Waals surface area (Å²) >= 11 is 6.21. The van der Waals surface area contributed by atoms with Gasteiger partial charge in [0.2, 0.25) is 0 Å². The zero-order valence-corrected chi connectivity index (χ0v) is 13.0. The quantitative estimate of drug-likeness (QED) is 0.847. The molecule has 2 nitrogen and oxygen atoms in total. The van der Waals surface area contributed by atoms with Gasteiger partial charge in [-0.05, 0) is 49.9 Å². The summed E-state index contributed by atoms with van der Waals surface area (Å²) in [7, 11) is 0. The normalized spacial score (nSPS) is 11.3. The van der Waals surface area contributed by atoms with E-state index in [0.29, 0.717) is 5.92 Å². The molecule has 0 unspecified atom stereocenters. The first-order valence-corrected chi connectivity index (χ1v) is 7.18. The molecule has 0 saturated heterocycles. The van der Waals surface area contributed by atoms with Crippen LogP contribution in [0.2, 0.25) is 5.02 Å². The predicted octanol–water partition coefficient (Wildman–Crippen LogP) is 5.06. The van der Waals surface area contributed by atoms with Gasteiger partial charge in [-0.25, -0.2) is 0 Å². The lowest BCUT2D eigenvalue weighted by Gasteiger charge is -2.20. The van der Waals surface area contributed by atoms with Crippen molar-refractivity contribution in [1.29, 1.82) is 0 Å². The Morgan fingerprint density at radius 3 is 2.53 bits per heavy atom. The molecule has 0 bridgehead atoms. The number of halogens is 1. The van der Waals surface area contributed by atoms with Crippen molar-refractivity contribution in [2.75, 3.05) is 11.9 Å². The van der Waals surface area contributed by atoms with Gasteiger partial charge in [0.05, 0.1) is 5.52 Å². The van der Waals surface area contributed by atoms with Gasteiger partial charge in [-0.2, -0.15) is 0 Å². The van der Waals surface area contributed by atoms with Crippen molar-refractivity contribution in [3.63, 3.8) is 0 Å². The molecule has 1 heterocycles. The van der Waals surface area contributed by atoms with Crippen LogP contribution >= 0.6 is 11.6 Å². The number of rotatable bonds is 3. The highest BCUT2D eigenvalue weighted by Crippen LogP contribution is 2.36. The Morgan fingerprint density at radius 2 is 1.95 bits per heavy atom. The van der Waals surface area contributed by atoms with Crippen molar-refractivity contribution >= 4 is 28.2 Å². The zero-order valence-electron chi connectivity index (χ0n) is 12.3. The number of anilines is 1. The first kappa shape index (κ1) is 14.1. The molecular formula is C16H21ClN2.